The largest absolute Gasteiger partial charge is 0.494 e. The fourth-order valence-electron chi connectivity index (χ4n) is 1.48. The number of rotatable bonds is 9. The Bertz CT molecular complexity index is 430. The van der Waals surface area contributed by atoms with Gasteiger partial charge in [-0.15, -0.1) is 0 Å². The first-order valence-electron chi connectivity index (χ1n) is 6.46. The summed E-state index contributed by atoms with van der Waals surface area (Å²) in [6.07, 6.45) is 0.767. The number of ether oxygens (including phenoxy) is 2. The third-order valence-electron chi connectivity index (χ3n) is 2.39. The summed E-state index contributed by atoms with van der Waals surface area (Å²) in [7, 11) is 0. The van der Waals surface area contributed by atoms with E-state index in [2.05, 4.69) is 5.32 Å². The van der Waals surface area contributed by atoms with E-state index in [0.29, 0.717) is 25.4 Å². The number of nitrogens with one attached hydrogen (secondary N) is 1. The van der Waals surface area contributed by atoms with Crippen LogP contribution in [0, 0.1) is 0 Å². The third kappa shape index (κ3) is 6.63. The molecule has 0 aliphatic heterocycles. The average Bonchev–Trinajstić information content (AvgIpc) is 2.43. The Morgan fingerprint density at radius 3 is 2.30 bits per heavy atom. The number of hydrogen-bond acceptors (Lipinski definition) is 4. The first-order valence-corrected chi connectivity index (χ1v) is 6.46. The smallest absolute Gasteiger partial charge is 0.322 e. The molecule has 0 atom stereocenters. The van der Waals surface area contributed by atoms with Crippen molar-refractivity contribution in [2.45, 2.75) is 19.8 Å². The van der Waals surface area contributed by atoms with Crippen molar-refractivity contribution in [2.75, 3.05) is 19.8 Å². The number of carbonyl (C=O) groups excluding carboxylic acids is 1. The number of carbonyl (C=O) groups is 2. The average molecular weight is 281 g/mol. The zero-order valence-electron chi connectivity index (χ0n) is 11.4. The minimum Gasteiger partial charge on any atom is -0.494 e. The maximum Gasteiger partial charge on any atom is 0.322 e. The Hall–Kier alpha value is -2.24. The van der Waals surface area contributed by atoms with Crippen LogP contribution in [0.4, 0.5) is 0 Å². The zero-order valence-corrected chi connectivity index (χ0v) is 11.4. The molecule has 0 heterocycles. The molecule has 0 radical (unpaired) electrons. The molecule has 110 valence electrons. The van der Waals surface area contributed by atoms with Crippen LogP contribution in [-0.4, -0.2) is 36.7 Å². The zero-order chi connectivity index (χ0) is 14.8. The molecule has 2 N–H and O–H groups in total. The molecule has 0 aromatic heterocycles. The maximum absolute atomic E-state index is 11.2. The van der Waals surface area contributed by atoms with E-state index in [4.69, 9.17) is 14.6 Å². The summed E-state index contributed by atoms with van der Waals surface area (Å²) in [5.41, 5.74) is 0. The highest BCUT2D eigenvalue weighted by Gasteiger charge is 2.03. The van der Waals surface area contributed by atoms with Crippen LogP contribution in [-0.2, 0) is 9.59 Å². The van der Waals surface area contributed by atoms with Crippen molar-refractivity contribution < 1.29 is 24.2 Å². The van der Waals surface area contributed by atoms with E-state index < -0.39 is 5.97 Å². The molecular formula is C14H19NO5. The van der Waals surface area contributed by atoms with Crippen LogP contribution < -0.4 is 14.8 Å². The maximum atomic E-state index is 11.2. The van der Waals surface area contributed by atoms with E-state index in [1.165, 1.54) is 0 Å². The number of carboxylic acid groups (broad SMARTS) is 1. The van der Waals surface area contributed by atoms with Crippen molar-refractivity contribution in [3.05, 3.63) is 24.3 Å². The van der Waals surface area contributed by atoms with Gasteiger partial charge in [-0.05, 0) is 37.6 Å². The summed E-state index contributed by atoms with van der Waals surface area (Å²) < 4.78 is 10.8. The number of carboxylic acids is 1. The van der Waals surface area contributed by atoms with Gasteiger partial charge in [0.1, 0.15) is 18.0 Å². The predicted octanol–water partition coefficient (Wildman–Crippen LogP) is 1.45. The van der Waals surface area contributed by atoms with E-state index >= 15 is 0 Å². The Kier molecular flexibility index (Phi) is 6.95. The molecule has 1 aromatic carbocycles. The molecule has 0 fully saturated rings. The normalized spacial score (nSPS) is 9.85. The van der Waals surface area contributed by atoms with Crippen LogP contribution in [0.1, 0.15) is 19.8 Å². The lowest BCUT2D eigenvalue weighted by Crippen LogP contribution is -2.29. The van der Waals surface area contributed by atoms with Crippen LogP contribution in [0.2, 0.25) is 0 Å². The number of hydrogen-bond donors (Lipinski definition) is 2. The van der Waals surface area contributed by atoms with Crippen molar-refractivity contribution in [3.63, 3.8) is 0 Å². The second-order valence-electron chi connectivity index (χ2n) is 4.03. The van der Waals surface area contributed by atoms with Gasteiger partial charge >= 0.3 is 5.97 Å². The summed E-state index contributed by atoms with van der Waals surface area (Å²) in [6, 6.07) is 7.24. The van der Waals surface area contributed by atoms with Crippen molar-refractivity contribution in [1.82, 2.24) is 5.32 Å². The minimum absolute atomic E-state index is 0.240. The lowest BCUT2D eigenvalue weighted by molar-refractivity contribution is -0.137. The van der Waals surface area contributed by atoms with Gasteiger partial charge in [0.2, 0.25) is 5.91 Å². The molecule has 0 spiro atoms. The van der Waals surface area contributed by atoms with Crippen molar-refractivity contribution in [3.8, 4) is 11.5 Å². The highest BCUT2D eigenvalue weighted by atomic mass is 16.5. The van der Waals surface area contributed by atoms with Crippen molar-refractivity contribution >= 4 is 11.9 Å². The van der Waals surface area contributed by atoms with Crippen molar-refractivity contribution in [1.29, 1.82) is 0 Å². The summed E-state index contributed by atoms with van der Waals surface area (Å²) in [5.74, 6) is 0.152. The number of benzene rings is 1. The van der Waals surface area contributed by atoms with E-state index in [1.54, 1.807) is 12.1 Å². The number of amides is 1. The molecule has 0 bridgehead atoms. The van der Waals surface area contributed by atoms with E-state index in [9.17, 15) is 9.59 Å². The van der Waals surface area contributed by atoms with Crippen LogP contribution >= 0.6 is 0 Å². The topological polar surface area (TPSA) is 84.9 Å². The fraction of sp³-hybridized carbons (Fsp3) is 0.429. The Morgan fingerprint density at radius 1 is 1.15 bits per heavy atom. The summed E-state index contributed by atoms with van der Waals surface area (Å²) in [5, 5.41) is 10.7. The van der Waals surface area contributed by atoms with E-state index in [0.717, 1.165) is 5.75 Å². The summed E-state index contributed by atoms with van der Waals surface area (Å²) >= 11 is 0. The lowest BCUT2D eigenvalue weighted by atomic mass is 10.3. The minimum atomic E-state index is -1.05. The Morgan fingerprint density at radius 2 is 1.75 bits per heavy atom. The summed E-state index contributed by atoms with van der Waals surface area (Å²) in [6.45, 7) is 2.58. The van der Waals surface area contributed by atoms with Gasteiger partial charge in [-0.3, -0.25) is 9.59 Å². The van der Waals surface area contributed by atoms with Gasteiger partial charge < -0.3 is 19.9 Å². The van der Waals surface area contributed by atoms with Gasteiger partial charge in [-0.1, -0.05) is 0 Å². The molecule has 20 heavy (non-hydrogen) atoms. The second-order valence-corrected chi connectivity index (χ2v) is 4.03. The molecule has 6 nitrogen and oxygen atoms in total. The van der Waals surface area contributed by atoms with Gasteiger partial charge in [0.25, 0.3) is 0 Å². The van der Waals surface area contributed by atoms with E-state index in [1.807, 2.05) is 19.1 Å². The van der Waals surface area contributed by atoms with Crippen molar-refractivity contribution in [2.24, 2.45) is 0 Å². The van der Waals surface area contributed by atoms with Crippen LogP contribution in [0.5, 0.6) is 11.5 Å². The molecule has 0 aliphatic carbocycles. The molecule has 0 unspecified atom stereocenters. The molecule has 1 rings (SSSR count). The van der Waals surface area contributed by atoms with Gasteiger partial charge in [0.15, 0.2) is 0 Å². The highest BCUT2D eigenvalue weighted by molar-refractivity contribution is 5.80. The Labute approximate surface area is 117 Å². The lowest BCUT2D eigenvalue weighted by Gasteiger charge is -2.07. The monoisotopic (exact) mass is 281 g/mol. The standard InChI is InChI=1S/C14H19NO5/c1-2-19-11-5-7-12(8-6-11)20-9-3-4-13(16)15-10-14(17)18/h5-8H,2-4,9-10H2,1H3,(H,15,16)(H,17,18). The first-order chi connectivity index (χ1) is 9.61. The van der Waals surface area contributed by atoms with Gasteiger partial charge in [-0.2, -0.15) is 0 Å². The number of aliphatic carboxylic acids is 1. The molecule has 0 saturated heterocycles. The van der Waals surface area contributed by atoms with Gasteiger partial charge in [-0.25, -0.2) is 0 Å². The van der Waals surface area contributed by atoms with E-state index in [-0.39, 0.29) is 18.9 Å². The molecule has 0 aliphatic rings. The molecular weight excluding hydrogens is 262 g/mol. The molecule has 1 aromatic rings. The fourth-order valence-corrected chi connectivity index (χ4v) is 1.48. The molecule has 0 saturated carbocycles. The predicted molar refractivity (Wildman–Crippen MR) is 73.0 cm³/mol. The second kappa shape index (κ2) is 8.79. The van der Waals surface area contributed by atoms with Crippen LogP contribution in [0.3, 0.4) is 0 Å². The molecule has 1 amide bonds. The summed E-state index contributed by atoms with van der Waals surface area (Å²) in [4.78, 5) is 21.5. The van der Waals surface area contributed by atoms with Gasteiger partial charge in [0.05, 0.1) is 13.2 Å². The first kappa shape index (κ1) is 15.8. The third-order valence-corrected chi connectivity index (χ3v) is 2.39. The van der Waals surface area contributed by atoms with Gasteiger partial charge in [0, 0.05) is 6.42 Å². The van der Waals surface area contributed by atoms with Crippen LogP contribution in [0.15, 0.2) is 24.3 Å². The Balaban J connectivity index is 2.17. The quantitative estimate of drug-likeness (QED) is 0.669. The SMILES string of the molecule is CCOc1ccc(OCCCC(=O)NCC(=O)O)cc1. The molecule has 6 heteroatoms. The highest BCUT2D eigenvalue weighted by Crippen LogP contribution is 2.17. The van der Waals surface area contributed by atoms with Crippen LogP contribution in [0.25, 0.3) is 0 Å².